The van der Waals surface area contributed by atoms with E-state index in [9.17, 15) is 9.18 Å². The first-order valence-electron chi connectivity index (χ1n) is 9.95. The van der Waals surface area contributed by atoms with Crippen LogP contribution >= 0.6 is 0 Å². The van der Waals surface area contributed by atoms with E-state index < -0.39 is 5.82 Å². The molecule has 0 spiro atoms. The molecular weight excluding hydrogens is 391 g/mol. The van der Waals surface area contributed by atoms with Crippen LogP contribution in [-0.2, 0) is 6.42 Å². The number of rotatable bonds is 4. The van der Waals surface area contributed by atoms with Gasteiger partial charge in [0.1, 0.15) is 17.9 Å². The second kappa shape index (κ2) is 7.69. The third-order valence-corrected chi connectivity index (χ3v) is 5.52. The van der Waals surface area contributed by atoms with E-state index in [4.69, 9.17) is 4.74 Å². The van der Waals surface area contributed by atoms with Crippen LogP contribution in [0.3, 0.4) is 0 Å². The van der Waals surface area contributed by atoms with Crippen molar-refractivity contribution >= 4 is 21.7 Å². The summed E-state index contributed by atoms with van der Waals surface area (Å²) in [6.45, 7) is 0. The van der Waals surface area contributed by atoms with Gasteiger partial charge in [0.15, 0.2) is 0 Å². The molecule has 0 amide bonds. The fraction of sp³-hybridized carbons (Fsp3) is 0.0769. The van der Waals surface area contributed by atoms with Crippen molar-refractivity contribution in [3.63, 3.8) is 0 Å². The van der Waals surface area contributed by atoms with Crippen LogP contribution in [0.4, 0.5) is 4.39 Å². The van der Waals surface area contributed by atoms with Gasteiger partial charge in [0, 0.05) is 5.39 Å². The normalized spacial score (nSPS) is 11.2. The Hall–Kier alpha value is -3.99. The van der Waals surface area contributed by atoms with E-state index in [0.717, 1.165) is 27.6 Å². The summed E-state index contributed by atoms with van der Waals surface area (Å²) in [4.78, 5) is 17.9. The van der Waals surface area contributed by atoms with Gasteiger partial charge in [-0.1, -0.05) is 48.5 Å². The van der Waals surface area contributed by atoms with E-state index in [0.29, 0.717) is 17.3 Å². The maximum atomic E-state index is 14.3. The highest BCUT2D eigenvalue weighted by Gasteiger charge is 2.14. The summed E-state index contributed by atoms with van der Waals surface area (Å²) in [6.07, 6.45) is 2.05. The number of nitrogens with zero attached hydrogens (tertiary/aromatic N) is 2. The number of halogens is 1. The molecule has 0 radical (unpaired) electrons. The summed E-state index contributed by atoms with van der Waals surface area (Å²) < 4.78 is 20.9. The Kier molecular flexibility index (Phi) is 4.71. The van der Waals surface area contributed by atoms with Crippen LogP contribution in [0.25, 0.3) is 27.4 Å². The van der Waals surface area contributed by atoms with Gasteiger partial charge in [-0.15, -0.1) is 0 Å². The molecule has 0 fully saturated rings. The Morgan fingerprint density at radius 1 is 0.903 bits per heavy atom. The number of hydrogen-bond donors (Lipinski definition) is 0. The number of aromatic nitrogens is 2. The van der Waals surface area contributed by atoms with Crippen molar-refractivity contribution in [3.8, 4) is 11.4 Å². The predicted octanol–water partition coefficient (Wildman–Crippen LogP) is 5.28. The Morgan fingerprint density at radius 3 is 2.35 bits per heavy atom. The minimum Gasteiger partial charge on any atom is -0.497 e. The highest BCUT2D eigenvalue weighted by molar-refractivity contribution is 6.06. The van der Waals surface area contributed by atoms with E-state index in [-0.39, 0.29) is 11.2 Å². The molecule has 31 heavy (non-hydrogen) atoms. The molecule has 1 heterocycles. The SMILES string of the molecule is COc1ccc(Cc2cc3c(=O)n(-c4ccccc4F)cnc3c3ccccc23)cc1. The Bertz CT molecular complexity index is 1470. The molecule has 5 rings (SSSR count). The molecule has 4 nitrogen and oxygen atoms in total. The first-order chi connectivity index (χ1) is 15.2. The van der Waals surface area contributed by atoms with Crippen LogP contribution in [0.1, 0.15) is 11.1 Å². The number of para-hydroxylation sites is 1. The van der Waals surface area contributed by atoms with Crippen molar-refractivity contribution in [2.24, 2.45) is 0 Å². The molecule has 0 aliphatic heterocycles. The van der Waals surface area contributed by atoms with E-state index in [1.807, 2.05) is 54.6 Å². The van der Waals surface area contributed by atoms with Gasteiger partial charge in [0.05, 0.1) is 23.7 Å². The van der Waals surface area contributed by atoms with Crippen molar-refractivity contribution in [1.82, 2.24) is 9.55 Å². The highest BCUT2D eigenvalue weighted by Crippen LogP contribution is 2.28. The molecule has 152 valence electrons. The van der Waals surface area contributed by atoms with Gasteiger partial charge in [-0.25, -0.2) is 9.37 Å². The van der Waals surface area contributed by atoms with Crippen LogP contribution in [0.5, 0.6) is 5.75 Å². The number of benzene rings is 4. The molecular formula is C26H19FN2O2. The van der Waals surface area contributed by atoms with Gasteiger partial charge in [-0.2, -0.15) is 0 Å². The zero-order valence-electron chi connectivity index (χ0n) is 16.9. The molecule has 4 aromatic carbocycles. The molecule has 0 N–H and O–H groups in total. The van der Waals surface area contributed by atoms with Crippen molar-refractivity contribution in [2.75, 3.05) is 7.11 Å². The van der Waals surface area contributed by atoms with Crippen molar-refractivity contribution in [3.05, 3.63) is 112 Å². The zero-order chi connectivity index (χ0) is 21.4. The molecule has 5 aromatic rings. The van der Waals surface area contributed by atoms with Gasteiger partial charge in [-0.3, -0.25) is 9.36 Å². The fourth-order valence-electron chi connectivity index (χ4n) is 3.96. The van der Waals surface area contributed by atoms with Gasteiger partial charge in [0.2, 0.25) is 0 Å². The molecule has 0 saturated carbocycles. The third kappa shape index (κ3) is 3.34. The summed E-state index contributed by atoms with van der Waals surface area (Å²) in [5, 5.41) is 2.41. The van der Waals surface area contributed by atoms with Crippen LogP contribution < -0.4 is 10.3 Å². The smallest absolute Gasteiger partial charge is 0.265 e. The monoisotopic (exact) mass is 410 g/mol. The summed E-state index contributed by atoms with van der Waals surface area (Å²) in [5.74, 6) is 0.328. The van der Waals surface area contributed by atoms with Crippen LogP contribution in [0, 0.1) is 5.82 Å². The first-order valence-corrected chi connectivity index (χ1v) is 9.95. The lowest BCUT2D eigenvalue weighted by molar-refractivity contribution is 0.414. The summed E-state index contributed by atoms with van der Waals surface area (Å²) >= 11 is 0. The molecule has 5 heteroatoms. The summed E-state index contributed by atoms with van der Waals surface area (Å²) in [7, 11) is 1.64. The number of hydrogen-bond acceptors (Lipinski definition) is 3. The largest absolute Gasteiger partial charge is 0.497 e. The van der Waals surface area contributed by atoms with E-state index in [1.54, 1.807) is 25.3 Å². The van der Waals surface area contributed by atoms with Gasteiger partial charge < -0.3 is 4.74 Å². The molecule has 0 aliphatic rings. The topological polar surface area (TPSA) is 44.1 Å². The highest BCUT2D eigenvalue weighted by atomic mass is 19.1. The number of fused-ring (bicyclic) bond motifs is 3. The predicted molar refractivity (Wildman–Crippen MR) is 121 cm³/mol. The van der Waals surface area contributed by atoms with Crippen LogP contribution in [0.2, 0.25) is 0 Å². The molecule has 0 saturated heterocycles. The number of methoxy groups -OCH3 is 1. The van der Waals surface area contributed by atoms with Crippen molar-refractivity contribution in [1.29, 1.82) is 0 Å². The lowest BCUT2D eigenvalue weighted by Gasteiger charge is -2.12. The number of ether oxygens (including phenoxy) is 1. The fourth-order valence-corrected chi connectivity index (χ4v) is 3.96. The van der Waals surface area contributed by atoms with E-state index >= 15 is 0 Å². The average molecular weight is 410 g/mol. The van der Waals surface area contributed by atoms with Crippen molar-refractivity contribution < 1.29 is 9.13 Å². The first kappa shape index (κ1) is 19.0. The average Bonchev–Trinajstić information content (AvgIpc) is 2.81. The molecule has 0 aliphatic carbocycles. The van der Waals surface area contributed by atoms with E-state index in [2.05, 4.69) is 4.98 Å². The maximum Gasteiger partial charge on any atom is 0.265 e. The minimum atomic E-state index is -0.468. The summed E-state index contributed by atoms with van der Waals surface area (Å²) in [6, 6.07) is 23.9. The molecule has 0 unspecified atom stereocenters. The zero-order valence-corrected chi connectivity index (χ0v) is 16.9. The standard InChI is InChI=1S/C26H19FN2O2/c1-31-19-12-10-17(11-13-19)14-18-15-22-25(21-7-3-2-6-20(18)21)28-16-29(26(22)30)24-9-5-4-8-23(24)27/h2-13,15-16H,14H2,1H3. The molecule has 0 atom stereocenters. The minimum absolute atomic E-state index is 0.187. The van der Waals surface area contributed by atoms with Crippen LogP contribution in [-0.4, -0.2) is 16.7 Å². The Balaban J connectivity index is 1.73. The second-order valence-corrected chi connectivity index (χ2v) is 7.37. The summed E-state index contributed by atoms with van der Waals surface area (Å²) in [5.41, 5.74) is 2.62. The lowest BCUT2D eigenvalue weighted by Crippen LogP contribution is -2.20. The Morgan fingerprint density at radius 2 is 1.61 bits per heavy atom. The maximum absolute atomic E-state index is 14.3. The van der Waals surface area contributed by atoms with Crippen LogP contribution in [0.15, 0.2) is 90.0 Å². The third-order valence-electron chi connectivity index (χ3n) is 5.52. The van der Waals surface area contributed by atoms with Gasteiger partial charge in [-0.05, 0) is 53.3 Å². The molecule has 1 aromatic heterocycles. The van der Waals surface area contributed by atoms with Gasteiger partial charge >= 0.3 is 0 Å². The van der Waals surface area contributed by atoms with Gasteiger partial charge in [0.25, 0.3) is 5.56 Å². The Labute approximate surface area is 178 Å². The second-order valence-electron chi connectivity index (χ2n) is 7.37. The van der Waals surface area contributed by atoms with Crippen molar-refractivity contribution in [2.45, 2.75) is 6.42 Å². The quantitative estimate of drug-likeness (QED) is 0.379. The van der Waals surface area contributed by atoms with E-state index in [1.165, 1.54) is 17.0 Å². The lowest BCUT2D eigenvalue weighted by atomic mass is 9.96. The molecule has 0 bridgehead atoms.